The van der Waals surface area contributed by atoms with Crippen LogP contribution < -0.4 is 5.32 Å². The van der Waals surface area contributed by atoms with E-state index in [1.54, 1.807) is 12.1 Å². The average molecular weight is 150 g/mol. The topological polar surface area (TPSA) is 59.1 Å². The smallest absolute Gasteiger partial charge is 0.277 e. The molecule has 56 valence electrons. The molecule has 2 rings (SSSR count). The predicted molar refractivity (Wildman–Crippen MR) is 38.1 cm³/mol. The molecule has 0 atom stereocenters. The monoisotopic (exact) mass is 150 g/mol. The molecular weight excluding hydrogens is 144 g/mol. The van der Waals surface area contributed by atoms with Crippen LogP contribution in [0.15, 0.2) is 18.3 Å². The van der Waals surface area contributed by atoms with Crippen molar-refractivity contribution < 1.29 is 11.0 Å². The standard InChI is InChI=1S/C7H4N2O2.H2/c10-6-4-2-1-3-8-5(4)7(11)9-6;/h1-3H,(H,9,10,11);1H. The molecule has 0 aliphatic carbocycles. The van der Waals surface area contributed by atoms with Gasteiger partial charge in [0.1, 0.15) is 5.69 Å². The van der Waals surface area contributed by atoms with Crippen LogP contribution in [-0.4, -0.2) is 16.8 Å². The second-order valence-electron chi connectivity index (χ2n) is 2.18. The number of hydrogen-bond donors (Lipinski definition) is 1. The van der Waals surface area contributed by atoms with Gasteiger partial charge in [0.25, 0.3) is 11.8 Å². The van der Waals surface area contributed by atoms with E-state index in [2.05, 4.69) is 10.3 Å². The van der Waals surface area contributed by atoms with Gasteiger partial charge in [-0.05, 0) is 12.1 Å². The molecule has 1 aliphatic rings. The van der Waals surface area contributed by atoms with Crippen molar-refractivity contribution in [3.63, 3.8) is 0 Å². The summed E-state index contributed by atoms with van der Waals surface area (Å²) >= 11 is 0. The van der Waals surface area contributed by atoms with Crippen LogP contribution >= 0.6 is 0 Å². The molecule has 2 amide bonds. The molecule has 1 N–H and O–H groups in total. The lowest BCUT2D eigenvalue weighted by Gasteiger charge is -1.87. The Bertz CT molecular complexity index is 318. The van der Waals surface area contributed by atoms with Crippen molar-refractivity contribution in [1.82, 2.24) is 10.3 Å². The Morgan fingerprint density at radius 2 is 2.18 bits per heavy atom. The fraction of sp³-hybridized carbons (Fsp3) is 0. The Morgan fingerprint density at radius 3 is 2.91 bits per heavy atom. The lowest BCUT2D eigenvalue weighted by atomic mass is 10.2. The van der Waals surface area contributed by atoms with Gasteiger partial charge in [-0.2, -0.15) is 0 Å². The van der Waals surface area contributed by atoms with Gasteiger partial charge in [-0.1, -0.05) is 0 Å². The number of carbonyl (C=O) groups excluding carboxylic acids is 2. The lowest BCUT2D eigenvalue weighted by molar-refractivity contribution is 0.0878. The van der Waals surface area contributed by atoms with Crippen LogP contribution in [0.2, 0.25) is 0 Å². The molecule has 0 spiro atoms. The number of fused-ring (bicyclic) bond motifs is 1. The van der Waals surface area contributed by atoms with Crippen molar-refractivity contribution in [3.05, 3.63) is 29.6 Å². The van der Waals surface area contributed by atoms with Gasteiger partial charge < -0.3 is 0 Å². The molecule has 1 aliphatic heterocycles. The molecular formula is C7H6N2O2. The zero-order valence-corrected chi connectivity index (χ0v) is 5.50. The zero-order valence-electron chi connectivity index (χ0n) is 5.50. The summed E-state index contributed by atoms with van der Waals surface area (Å²) in [5.41, 5.74) is 0.579. The van der Waals surface area contributed by atoms with Crippen LogP contribution in [0, 0.1) is 0 Å². The Balaban J connectivity index is 0.000000720. The minimum absolute atomic E-state index is 0. The lowest BCUT2D eigenvalue weighted by Crippen LogP contribution is -2.20. The van der Waals surface area contributed by atoms with Gasteiger partial charge in [0, 0.05) is 7.62 Å². The maximum Gasteiger partial charge on any atom is 0.277 e. The van der Waals surface area contributed by atoms with Gasteiger partial charge >= 0.3 is 0 Å². The highest BCUT2D eigenvalue weighted by molar-refractivity contribution is 6.20. The first-order chi connectivity index (χ1) is 5.29. The van der Waals surface area contributed by atoms with Crippen molar-refractivity contribution in [2.24, 2.45) is 0 Å². The highest BCUT2D eigenvalue weighted by Crippen LogP contribution is 2.10. The highest BCUT2D eigenvalue weighted by Gasteiger charge is 2.26. The molecule has 0 saturated heterocycles. The van der Waals surface area contributed by atoms with Gasteiger partial charge in [-0.3, -0.25) is 19.9 Å². The number of rotatable bonds is 0. The molecule has 0 saturated carbocycles. The third-order valence-corrected chi connectivity index (χ3v) is 1.49. The average Bonchev–Trinajstić information content (AvgIpc) is 2.30. The fourth-order valence-electron chi connectivity index (χ4n) is 0.999. The molecule has 0 bridgehead atoms. The first-order valence-corrected chi connectivity index (χ1v) is 3.10. The number of hydrogen-bond acceptors (Lipinski definition) is 3. The molecule has 0 unspecified atom stereocenters. The van der Waals surface area contributed by atoms with Gasteiger partial charge in [-0.25, -0.2) is 0 Å². The maximum atomic E-state index is 10.9. The van der Waals surface area contributed by atoms with Gasteiger partial charge in [0.15, 0.2) is 0 Å². The van der Waals surface area contributed by atoms with Crippen LogP contribution in [0.3, 0.4) is 0 Å². The summed E-state index contributed by atoms with van der Waals surface area (Å²) in [7, 11) is 0. The SMILES string of the molecule is O=C1NC(=O)c2ncccc21.[HH]. The van der Waals surface area contributed by atoms with E-state index in [9.17, 15) is 9.59 Å². The molecule has 0 aromatic carbocycles. The molecule has 1 aromatic rings. The summed E-state index contributed by atoms with van der Waals surface area (Å²) < 4.78 is 0. The fourth-order valence-corrected chi connectivity index (χ4v) is 0.999. The van der Waals surface area contributed by atoms with Gasteiger partial charge in [-0.15, -0.1) is 0 Å². The van der Waals surface area contributed by atoms with E-state index >= 15 is 0 Å². The van der Waals surface area contributed by atoms with Gasteiger partial charge in [0.05, 0.1) is 5.56 Å². The van der Waals surface area contributed by atoms with Crippen molar-refractivity contribution in [2.75, 3.05) is 0 Å². The molecule has 0 fully saturated rings. The van der Waals surface area contributed by atoms with Crippen LogP contribution in [0.5, 0.6) is 0 Å². The normalized spacial score (nSPS) is 14.5. The maximum absolute atomic E-state index is 10.9. The number of pyridine rings is 1. The molecule has 4 heteroatoms. The summed E-state index contributed by atoms with van der Waals surface area (Å²) in [5, 5.41) is 2.14. The molecule has 11 heavy (non-hydrogen) atoms. The Kier molecular flexibility index (Phi) is 1.03. The van der Waals surface area contributed by atoms with E-state index in [1.165, 1.54) is 6.20 Å². The molecule has 0 radical (unpaired) electrons. The van der Waals surface area contributed by atoms with E-state index < -0.39 is 5.91 Å². The number of nitrogens with zero attached hydrogens (tertiary/aromatic N) is 1. The van der Waals surface area contributed by atoms with Crippen LogP contribution in [-0.2, 0) is 0 Å². The number of nitrogens with one attached hydrogen (secondary N) is 1. The van der Waals surface area contributed by atoms with Crippen LogP contribution in [0.4, 0.5) is 0 Å². The van der Waals surface area contributed by atoms with Crippen molar-refractivity contribution in [3.8, 4) is 0 Å². The minimum atomic E-state index is -0.411. The summed E-state index contributed by atoms with van der Waals surface area (Å²) in [6.07, 6.45) is 1.48. The summed E-state index contributed by atoms with van der Waals surface area (Å²) in [6, 6.07) is 3.19. The summed E-state index contributed by atoms with van der Waals surface area (Å²) in [5.74, 6) is -0.774. The quantitative estimate of drug-likeness (QED) is 0.538. The number of amides is 2. The molecule has 2 heterocycles. The first kappa shape index (κ1) is 6.03. The van der Waals surface area contributed by atoms with Crippen molar-refractivity contribution in [1.29, 1.82) is 0 Å². The van der Waals surface area contributed by atoms with Crippen molar-refractivity contribution >= 4 is 11.8 Å². The third-order valence-electron chi connectivity index (χ3n) is 1.49. The second kappa shape index (κ2) is 1.88. The third kappa shape index (κ3) is 0.724. The van der Waals surface area contributed by atoms with Crippen LogP contribution in [0.25, 0.3) is 0 Å². The van der Waals surface area contributed by atoms with E-state index in [4.69, 9.17) is 0 Å². The number of aromatic nitrogens is 1. The Morgan fingerprint density at radius 1 is 1.36 bits per heavy atom. The predicted octanol–water partition coefficient (Wildman–Crippen LogP) is 0.211. The number of carbonyl (C=O) groups is 2. The second-order valence-corrected chi connectivity index (χ2v) is 2.18. The minimum Gasteiger partial charge on any atom is -0.287 e. The van der Waals surface area contributed by atoms with Gasteiger partial charge in [0.2, 0.25) is 0 Å². The van der Waals surface area contributed by atoms with Crippen molar-refractivity contribution in [2.45, 2.75) is 0 Å². The largest absolute Gasteiger partial charge is 0.287 e. The zero-order chi connectivity index (χ0) is 7.84. The first-order valence-electron chi connectivity index (χ1n) is 3.10. The summed E-state index contributed by atoms with van der Waals surface area (Å²) in [6.45, 7) is 0. The highest BCUT2D eigenvalue weighted by atomic mass is 16.2. The van der Waals surface area contributed by atoms with Crippen LogP contribution in [0.1, 0.15) is 22.3 Å². The van der Waals surface area contributed by atoms with E-state index in [1.807, 2.05) is 0 Å². The number of imide groups is 1. The molecule has 4 nitrogen and oxygen atoms in total. The van der Waals surface area contributed by atoms with E-state index in [0.717, 1.165) is 0 Å². The Hall–Kier alpha value is -1.71. The molecule has 1 aromatic heterocycles. The van der Waals surface area contributed by atoms with E-state index in [-0.39, 0.29) is 13.0 Å². The van der Waals surface area contributed by atoms with E-state index in [0.29, 0.717) is 5.56 Å². The Labute approximate surface area is 63.7 Å². The summed E-state index contributed by atoms with van der Waals surface area (Å²) in [4.78, 5) is 25.5.